The summed E-state index contributed by atoms with van der Waals surface area (Å²) in [4.78, 5) is 10.5. The summed E-state index contributed by atoms with van der Waals surface area (Å²) in [5.74, 6) is 0.914. The predicted octanol–water partition coefficient (Wildman–Crippen LogP) is 1.61. The van der Waals surface area contributed by atoms with Gasteiger partial charge in [0.1, 0.15) is 5.82 Å². The molecule has 2 heterocycles. The number of hydrogen-bond acceptors (Lipinski definition) is 4. The Labute approximate surface area is 89.6 Å². The van der Waals surface area contributed by atoms with Gasteiger partial charge in [0.15, 0.2) is 0 Å². The number of aromatic nitrogens is 2. The van der Waals surface area contributed by atoms with E-state index in [-0.39, 0.29) is 5.41 Å². The van der Waals surface area contributed by atoms with Crippen LogP contribution in [0.15, 0.2) is 18.6 Å². The molecule has 0 aliphatic carbocycles. The van der Waals surface area contributed by atoms with Gasteiger partial charge in [0.25, 0.3) is 0 Å². The van der Waals surface area contributed by atoms with Gasteiger partial charge in [-0.3, -0.25) is 4.98 Å². The molecular weight excluding hydrogens is 188 g/mol. The summed E-state index contributed by atoms with van der Waals surface area (Å²) in [6.45, 7) is 3.81. The molecule has 0 aromatic carbocycles. The fourth-order valence-corrected chi connectivity index (χ4v) is 1.80. The van der Waals surface area contributed by atoms with E-state index in [1.165, 1.54) is 0 Å². The van der Waals surface area contributed by atoms with Crippen LogP contribution >= 0.6 is 0 Å². The van der Waals surface area contributed by atoms with E-state index < -0.39 is 0 Å². The van der Waals surface area contributed by atoms with Crippen molar-refractivity contribution in [2.45, 2.75) is 19.8 Å². The molecule has 0 saturated carbocycles. The summed E-state index contributed by atoms with van der Waals surface area (Å²) in [6, 6.07) is 2.39. The van der Waals surface area contributed by atoms with Crippen molar-refractivity contribution in [2.75, 3.05) is 18.0 Å². The Kier molecular flexibility index (Phi) is 2.55. The molecule has 1 aliphatic heterocycles. The van der Waals surface area contributed by atoms with Crippen molar-refractivity contribution in [2.24, 2.45) is 5.41 Å². The highest BCUT2D eigenvalue weighted by molar-refractivity contribution is 5.36. The van der Waals surface area contributed by atoms with E-state index in [4.69, 9.17) is 5.26 Å². The topological polar surface area (TPSA) is 52.8 Å². The minimum absolute atomic E-state index is 0.154. The zero-order valence-electron chi connectivity index (χ0n) is 8.85. The largest absolute Gasteiger partial charge is 0.355 e. The van der Waals surface area contributed by atoms with Gasteiger partial charge in [-0.05, 0) is 19.8 Å². The smallest absolute Gasteiger partial charge is 0.147 e. The molecule has 2 rings (SSSR count). The summed E-state index contributed by atoms with van der Waals surface area (Å²) in [5, 5.41) is 9.01. The molecule has 15 heavy (non-hydrogen) atoms. The van der Waals surface area contributed by atoms with Crippen molar-refractivity contribution in [3.05, 3.63) is 18.6 Å². The molecule has 0 bridgehead atoms. The molecule has 0 atom stereocenters. The van der Waals surface area contributed by atoms with Gasteiger partial charge >= 0.3 is 0 Å². The van der Waals surface area contributed by atoms with Crippen LogP contribution in [0.3, 0.4) is 0 Å². The fourth-order valence-electron chi connectivity index (χ4n) is 1.80. The molecule has 1 aliphatic rings. The molecule has 1 fully saturated rings. The molecule has 0 amide bonds. The normalized spacial score (nSPS) is 19.6. The number of rotatable bonds is 1. The van der Waals surface area contributed by atoms with Crippen molar-refractivity contribution >= 4 is 5.82 Å². The van der Waals surface area contributed by atoms with Crippen LogP contribution in [0.4, 0.5) is 5.82 Å². The third kappa shape index (κ3) is 2.07. The number of anilines is 1. The summed E-state index contributed by atoms with van der Waals surface area (Å²) >= 11 is 0. The third-order valence-electron chi connectivity index (χ3n) is 3.01. The standard InChI is InChI=1S/C11H14N4/c1-11(9-12)2-6-15(7-3-11)10-8-13-4-5-14-10/h4-5,8H,2-3,6-7H2,1H3. The Hall–Kier alpha value is -1.63. The Morgan fingerprint density at radius 1 is 1.40 bits per heavy atom. The first-order valence-electron chi connectivity index (χ1n) is 5.16. The van der Waals surface area contributed by atoms with Crippen LogP contribution in [0.1, 0.15) is 19.8 Å². The second-order valence-corrected chi connectivity index (χ2v) is 4.22. The molecule has 0 spiro atoms. The molecule has 1 aromatic rings. The zero-order chi connectivity index (χ0) is 10.7. The fraction of sp³-hybridized carbons (Fsp3) is 0.545. The van der Waals surface area contributed by atoms with Gasteiger partial charge in [0, 0.05) is 25.5 Å². The van der Waals surface area contributed by atoms with Crippen molar-refractivity contribution in [3.63, 3.8) is 0 Å². The third-order valence-corrected chi connectivity index (χ3v) is 3.01. The Morgan fingerprint density at radius 3 is 2.67 bits per heavy atom. The molecule has 78 valence electrons. The highest BCUT2D eigenvalue weighted by Crippen LogP contribution is 2.31. The van der Waals surface area contributed by atoms with Crippen LogP contribution in [-0.4, -0.2) is 23.1 Å². The zero-order valence-corrected chi connectivity index (χ0v) is 8.85. The molecule has 0 unspecified atom stereocenters. The number of hydrogen-bond donors (Lipinski definition) is 0. The molecule has 4 nitrogen and oxygen atoms in total. The van der Waals surface area contributed by atoms with E-state index in [2.05, 4.69) is 20.9 Å². The number of nitriles is 1. The van der Waals surface area contributed by atoms with Crippen molar-refractivity contribution in [1.29, 1.82) is 5.26 Å². The molecule has 4 heteroatoms. The van der Waals surface area contributed by atoms with E-state index in [0.717, 1.165) is 31.7 Å². The molecule has 0 radical (unpaired) electrons. The summed E-state index contributed by atoms with van der Waals surface area (Å²) in [6.07, 6.45) is 6.95. The predicted molar refractivity (Wildman–Crippen MR) is 57.2 cm³/mol. The maximum atomic E-state index is 9.01. The maximum absolute atomic E-state index is 9.01. The van der Waals surface area contributed by atoms with Gasteiger partial charge in [-0.25, -0.2) is 4.98 Å². The first-order valence-corrected chi connectivity index (χ1v) is 5.16. The van der Waals surface area contributed by atoms with E-state index >= 15 is 0 Å². The monoisotopic (exact) mass is 202 g/mol. The van der Waals surface area contributed by atoms with Crippen LogP contribution in [0.25, 0.3) is 0 Å². The van der Waals surface area contributed by atoms with Gasteiger partial charge < -0.3 is 4.90 Å². The van der Waals surface area contributed by atoms with Crippen molar-refractivity contribution < 1.29 is 0 Å². The summed E-state index contributed by atoms with van der Waals surface area (Å²) < 4.78 is 0. The van der Waals surface area contributed by atoms with Gasteiger partial charge in [-0.1, -0.05) is 0 Å². The quantitative estimate of drug-likeness (QED) is 0.694. The molecular formula is C11H14N4. The molecule has 0 N–H and O–H groups in total. The Balaban J connectivity index is 2.04. The molecule has 1 saturated heterocycles. The highest BCUT2D eigenvalue weighted by atomic mass is 15.2. The Bertz CT molecular complexity index is 360. The van der Waals surface area contributed by atoms with E-state index in [9.17, 15) is 0 Å². The number of piperidine rings is 1. The van der Waals surface area contributed by atoms with Gasteiger partial charge in [0.05, 0.1) is 17.7 Å². The second-order valence-electron chi connectivity index (χ2n) is 4.22. The second kappa shape index (κ2) is 3.85. The van der Waals surface area contributed by atoms with Crippen LogP contribution in [-0.2, 0) is 0 Å². The summed E-state index contributed by atoms with van der Waals surface area (Å²) in [5.41, 5.74) is -0.154. The van der Waals surface area contributed by atoms with E-state index in [1.807, 2.05) is 6.92 Å². The van der Waals surface area contributed by atoms with Crippen LogP contribution in [0.5, 0.6) is 0 Å². The first-order chi connectivity index (χ1) is 7.23. The maximum Gasteiger partial charge on any atom is 0.147 e. The van der Waals surface area contributed by atoms with Gasteiger partial charge in [-0.15, -0.1) is 0 Å². The highest BCUT2D eigenvalue weighted by Gasteiger charge is 2.30. The van der Waals surface area contributed by atoms with E-state index in [0.29, 0.717) is 0 Å². The van der Waals surface area contributed by atoms with Gasteiger partial charge in [0.2, 0.25) is 0 Å². The minimum atomic E-state index is -0.154. The lowest BCUT2D eigenvalue weighted by Gasteiger charge is -2.35. The average molecular weight is 202 g/mol. The number of nitrogens with zero attached hydrogens (tertiary/aromatic N) is 4. The van der Waals surface area contributed by atoms with E-state index in [1.54, 1.807) is 18.6 Å². The lowest BCUT2D eigenvalue weighted by molar-refractivity contribution is 0.336. The van der Waals surface area contributed by atoms with Crippen LogP contribution in [0.2, 0.25) is 0 Å². The van der Waals surface area contributed by atoms with Crippen LogP contribution < -0.4 is 4.90 Å². The minimum Gasteiger partial charge on any atom is -0.355 e. The average Bonchev–Trinajstić information content (AvgIpc) is 2.31. The van der Waals surface area contributed by atoms with Crippen molar-refractivity contribution in [3.8, 4) is 6.07 Å². The Morgan fingerprint density at radius 2 is 2.13 bits per heavy atom. The lowest BCUT2D eigenvalue weighted by atomic mass is 9.82. The van der Waals surface area contributed by atoms with Crippen LogP contribution in [0, 0.1) is 16.7 Å². The SMILES string of the molecule is CC1(C#N)CCN(c2cnccn2)CC1. The lowest BCUT2D eigenvalue weighted by Crippen LogP contribution is -2.38. The van der Waals surface area contributed by atoms with Gasteiger partial charge in [-0.2, -0.15) is 5.26 Å². The molecule has 1 aromatic heterocycles. The summed E-state index contributed by atoms with van der Waals surface area (Å²) in [7, 11) is 0. The van der Waals surface area contributed by atoms with Crippen molar-refractivity contribution in [1.82, 2.24) is 9.97 Å². The first kappa shape index (κ1) is 9.91.